The average molecular weight is 154 g/mol. The molecule has 0 unspecified atom stereocenters. The molecule has 3 heteroatoms. The van der Waals surface area contributed by atoms with Crippen molar-refractivity contribution in [3.05, 3.63) is 23.8 Å². The van der Waals surface area contributed by atoms with Crippen LogP contribution in [-0.2, 0) is 0 Å². The molecule has 2 nitrogen and oxygen atoms in total. The summed E-state index contributed by atoms with van der Waals surface area (Å²) in [6, 6.07) is 1.99. The lowest BCUT2D eigenvalue weighted by molar-refractivity contribution is 1.37. The molecule has 0 aliphatic heterocycles. The molecule has 2 aromatic heterocycles. The van der Waals surface area contributed by atoms with Gasteiger partial charge in [-0.3, -0.25) is 3.79 Å². The van der Waals surface area contributed by atoms with Gasteiger partial charge in [0.2, 0.25) is 0 Å². The smallest absolute Gasteiger partial charge is 0.146 e. The number of hydrogen-bond donors (Lipinski definition) is 0. The zero-order valence-corrected chi connectivity index (χ0v) is 6.93. The Hall–Kier alpha value is -0.830. The minimum Gasteiger partial charge on any atom is -0.255 e. The van der Waals surface area contributed by atoms with Crippen LogP contribution in [0.1, 0.15) is 13.8 Å². The van der Waals surface area contributed by atoms with Crippen LogP contribution in [0.25, 0.3) is 5.65 Å². The van der Waals surface area contributed by atoms with E-state index in [1.807, 2.05) is 35.3 Å². The van der Waals surface area contributed by atoms with Gasteiger partial charge in [0.15, 0.2) is 0 Å². The minimum absolute atomic E-state index is 1.04. The Morgan fingerprint density at radius 3 is 3.00 bits per heavy atom. The Morgan fingerprint density at radius 2 is 2.30 bits per heavy atom. The minimum atomic E-state index is 1.04. The average Bonchev–Trinajstić information content (AvgIpc) is 2.49. The molecule has 2 aromatic rings. The highest BCUT2D eigenvalue weighted by Crippen LogP contribution is 2.04. The highest BCUT2D eigenvalue weighted by molar-refractivity contribution is 7.04. The molecule has 0 radical (unpaired) electrons. The van der Waals surface area contributed by atoms with Crippen LogP contribution in [0.3, 0.4) is 0 Å². The standard InChI is InChI=1S/C5H4N2S.C2H6/c1-4-8-7-3-2-6-5(1)7;1-2/h1-4H;1-2H3. The fourth-order valence-corrected chi connectivity index (χ4v) is 1.32. The van der Waals surface area contributed by atoms with Crippen LogP contribution in [0.5, 0.6) is 0 Å². The predicted octanol–water partition coefficient (Wildman–Crippen LogP) is 2.42. The SMILES string of the molecule is CC.c1cn2sccc2n1. The quantitative estimate of drug-likeness (QED) is 0.569. The number of fused-ring (bicyclic) bond motifs is 1. The first kappa shape index (κ1) is 7.28. The van der Waals surface area contributed by atoms with Crippen LogP contribution in [-0.4, -0.2) is 8.77 Å². The van der Waals surface area contributed by atoms with E-state index in [-0.39, 0.29) is 0 Å². The van der Waals surface area contributed by atoms with Crippen molar-refractivity contribution in [3.63, 3.8) is 0 Å². The van der Waals surface area contributed by atoms with E-state index < -0.39 is 0 Å². The van der Waals surface area contributed by atoms with Gasteiger partial charge in [0.25, 0.3) is 0 Å². The van der Waals surface area contributed by atoms with Crippen molar-refractivity contribution in [1.82, 2.24) is 8.77 Å². The van der Waals surface area contributed by atoms with E-state index in [2.05, 4.69) is 4.98 Å². The van der Waals surface area contributed by atoms with Crippen molar-refractivity contribution in [1.29, 1.82) is 0 Å². The summed E-state index contributed by atoms with van der Waals surface area (Å²) in [6.45, 7) is 4.00. The van der Waals surface area contributed by atoms with Crippen molar-refractivity contribution in [2.24, 2.45) is 0 Å². The van der Waals surface area contributed by atoms with Gasteiger partial charge < -0.3 is 0 Å². The van der Waals surface area contributed by atoms with Crippen LogP contribution in [0.2, 0.25) is 0 Å². The second-order valence-electron chi connectivity index (χ2n) is 1.52. The summed E-state index contributed by atoms with van der Waals surface area (Å²) in [5.41, 5.74) is 1.04. The van der Waals surface area contributed by atoms with Crippen LogP contribution in [0.15, 0.2) is 23.8 Å². The van der Waals surface area contributed by atoms with Gasteiger partial charge in [-0.05, 0) is 6.07 Å². The number of aromatic nitrogens is 2. The zero-order chi connectivity index (χ0) is 7.40. The van der Waals surface area contributed by atoms with Crippen LogP contribution in [0, 0.1) is 0 Å². The first-order chi connectivity index (χ1) is 4.97. The fraction of sp³-hybridized carbons (Fsp3) is 0.286. The Bertz CT molecular complexity index is 233. The highest BCUT2D eigenvalue weighted by Gasteiger charge is 1.88. The van der Waals surface area contributed by atoms with Gasteiger partial charge in [-0.15, -0.1) is 0 Å². The van der Waals surface area contributed by atoms with Crippen molar-refractivity contribution in [3.8, 4) is 0 Å². The largest absolute Gasteiger partial charge is 0.255 e. The molecular formula is C7H10N2S. The molecule has 0 saturated carbocycles. The van der Waals surface area contributed by atoms with E-state index in [9.17, 15) is 0 Å². The molecule has 0 spiro atoms. The molecular weight excluding hydrogens is 144 g/mol. The van der Waals surface area contributed by atoms with Gasteiger partial charge in [0.05, 0.1) is 0 Å². The van der Waals surface area contributed by atoms with Gasteiger partial charge >= 0.3 is 0 Å². The summed E-state index contributed by atoms with van der Waals surface area (Å²) in [6.07, 6.45) is 3.74. The van der Waals surface area contributed by atoms with E-state index >= 15 is 0 Å². The first-order valence-corrected chi connectivity index (χ1v) is 4.17. The van der Waals surface area contributed by atoms with Crippen molar-refractivity contribution in [2.45, 2.75) is 13.8 Å². The van der Waals surface area contributed by atoms with Crippen LogP contribution in [0.4, 0.5) is 0 Å². The van der Waals surface area contributed by atoms with Gasteiger partial charge in [0.1, 0.15) is 5.65 Å². The van der Waals surface area contributed by atoms with E-state index in [0.717, 1.165) is 5.65 Å². The summed E-state index contributed by atoms with van der Waals surface area (Å²) in [7, 11) is 0. The summed E-state index contributed by atoms with van der Waals surface area (Å²) < 4.78 is 2.01. The molecule has 0 fully saturated rings. The van der Waals surface area contributed by atoms with Crippen molar-refractivity contribution in [2.75, 3.05) is 0 Å². The maximum absolute atomic E-state index is 4.05. The maximum Gasteiger partial charge on any atom is 0.146 e. The summed E-state index contributed by atoms with van der Waals surface area (Å²) in [5.74, 6) is 0. The zero-order valence-electron chi connectivity index (χ0n) is 6.11. The van der Waals surface area contributed by atoms with Crippen molar-refractivity contribution < 1.29 is 0 Å². The Labute approximate surface area is 64.3 Å². The number of hydrogen-bond acceptors (Lipinski definition) is 2. The molecule has 2 heterocycles. The van der Waals surface area contributed by atoms with Crippen molar-refractivity contribution >= 4 is 17.2 Å². The lowest BCUT2D eigenvalue weighted by Gasteiger charge is -1.71. The summed E-state index contributed by atoms with van der Waals surface area (Å²) in [5, 5.41) is 2.02. The van der Waals surface area contributed by atoms with Gasteiger partial charge in [-0.25, -0.2) is 4.98 Å². The fourth-order valence-electron chi connectivity index (χ4n) is 0.666. The predicted molar refractivity (Wildman–Crippen MR) is 44.4 cm³/mol. The monoisotopic (exact) mass is 154 g/mol. The van der Waals surface area contributed by atoms with Gasteiger partial charge in [-0.2, -0.15) is 0 Å². The molecule has 54 valence electrons. The maximum atomic E-state index is 4.05. The van der Waals surface area contributed by atoms with E-state index in [0.29, 0.717) is 0 Å². The lowest BCUT2D eigenvalue weighted by Crippen LogP contribution is -1.63. The summed E-state index contributed by atoms with van der Waals surface area (Å²) in [4.78, 5) is 4.05. The number of rotatable bonds is 0. The second kappa shape index (κ2) is 3.37. The third-order valence-corrected chi connectivity index (χ3v) is 1.82. The van der Waals surface area contributed by atoms with Crippen LogP contribution < -0.4 is 0 Å². The molecule has 0 bridgehead atoms. The third-order valence-electron chi connectivity index (χ3n) is 1.03. The molecule has 0 amide bonds. The summed E-state index contributed by atoms with van der Waals surface area (Å²) >= 11 is 1.65. The normalized spacial score (nSPS) is 9.00. The van der Waals surface area contributed by atoms with E-state index in [1.54, 1.807) is 17.7 Å². The molecule has 10 heavy (non-hydrogen) atoms. The van der Waals surface area contributed by atoms with Gasteiger partial charge in [-0.1, -0.05) is 25.4 Å². The molecule has 0 aliphatic rings. The van der Waals surface area contributed by atoms with Gasteiger partial charge in [0, 0.05) is 17.8 Å². The first-order valence-electron chi connectivity index (χ1n) is 3.34. The molecule has 0 aromatic carbocycles. The topological polar surface area (TPSA) is 17.3 Å². The van der Waals surface area contributed by atoms with E-state index in [4.69, 9.17) is 0 Å². The number of nitrogens with zero attached hydrogens (tertiary/aromatic N) is 2. The molecule has 0 saturated heterocycles. The molecule has 0 atom stereocenters. The molecule has 0 aliphatic carbocycles. The molecule has 2 rings (SSSR count). The number of imidazole rings is 1. The van der Waals surface area contributed by atoms with Crippen LogP contribution >= 0.6 is 11.5 Å². The molecule has 0 N–H and O–H groups in total. The lowest BCUT2D eigenvalue weighted by atomic mass is 10.7. The third kappa shape index (κ3) is 1.19. The second-order valence-corrected chi connectivity index (χ2v) is 2.40. The Balaban J connectivity index is 0.000000231. The highest BCUT2D eigenvalue weighted by atomic mass is 32.1. The Kier molecular flexibility index (Phi) is 2.45. The Morgan fingerprint density at radius 1 is 1.50 bits per heavy atom. The van der Waals surface area contributed by atoms with E-state index in [1.165, 1.54) is 0 Å².